The van der Waals surface area contributed by atoms with E-state index in [4.69, 9.17) is 21.7 Å². The van der Waals surface area contributed by atoms with Gasteiger partial charge >= 0.3 is 11.9 Å². The molecule has 3 amide bonds. The molecule has 0 aliphatic carbocycles. The summed E-state index contributed by atoms with van der Waals surface area (Å²) in [4.78, 5) is 66.1. The lowest BCUT2D eigenvalue weighted by Gasteiger charge is -2.18. The third-order valence-corrected chi connectivity index (χ3v) is 4.26. The normalized spacial score (nSPS) is 11.2. The number of primary amides is 1. The highest BCUT2D eigenvalue weighted by atomic mass is 16.4. The number of aromatic nitrogens is 2. The van der Waals surface area contributed by atoms with Crippen molar-refractivity contribution in [1.29, 1.82) is 0 Å². The summed E-state index contributed by atoms with van der Waals surface area (Å²) < 4.78 is 0. The molecule has 1 atom stereocenters. The number of nitrogens with two attached hydrogens (primary N) is 2. The molecule has 1 aromatic heterocycles. The SMILES string of the molecule is NC(=O)c1nc(CN(C=O)c2ccc(C(=O)N[C@@H](CCC(=O)O)C(=O)O)cc2)cnc1N. The number of benzene rings is 1. The lowest BCUT2D eigenvalue weighted by atomic mass is 10.1. The molecule has 0 unspecified atom stereocenters. The highest BCUT2D eigenvalue weighted by Gasteiger charge is 2.22. The molecule has 168 valence electrons. The van der Waals surface area contributed by atoms with Crippen LogP contribution in [-0.2, 0) is 20.9 Å². The van der Waals surface area contributed by atoms with Crippen molar-refractivity contribution in [3.63, 3.8) is 0 Å². The number of nitrogen functional groups attached to an aromatic ring is 1. The van der Waals surface area contributed by atoms with E-state index < -0.39 is 36.2 Å². The van der Waals surface area contributed by atoms with Crippen molar-refractivity contribution in [3.8, 4) is 0 Å². The molecule has 2 aromatic rings. The Kier molecular flexibility index (Phi) is 7.76. The summed E-state index contributed by atoms with van der Waals surface area (Å²) in [5.74, 6) is -4.27. The van der Waals surface area contributed by atoms with Crippen molar-refractivity contribution in [2.24, 2.45) is 5.73 Å². The Morgan fingerprint density at radius 1 is 1.16 bits per heavy atom. The van der Waals surface area contributed by atoms with Crippen LogP contribution in [-0.4, -0.2) is 56.4 Å². The first-order valence-electron chi connectivity index (χ1n) is 9.11. The van der Waals surface area contributed by atoms with Crippen LogP contribution in [0.3, 0.4) is 0 Å². The molecule has 0 fully saturated rings. The van der Waals surface area contributed by atoms with Gasteiger partial charge in [0.25, 0.3) is 11.8 Å². The van der Waals surface area contributed by atoms with E-state index >= 15 is 0 Å². The van der Waals surface area contributed by atoms with Crippen molar-refractivity contribution >= 4 is 41.7 Å². The number of nitrogens with zero attached hydrogens (tertiary/aromatic N) is 3. The second-order valence-corrected chi connectivity index (χ2v) is 6.54. The maximum absolute atomic E-state index is 12.3. The fourth-order valence-electron chi connectivity index (χ4n) is 2.63. The van der Waals surface area contributed by atoms with Crippen molar-refractivity contribution in [3.05, 3.63) is 47.4 Å². The van der Waals surface area contributed by atoms with E-state index in [0.717, 1.165) is 0 Å². The van der Waals surface area contributed by atoms with Crippen LogP contribution >= 0.6 is 0 Å². The number of hydrogen-bond acceptors (Lipinski definition) is 8. The standard InChI is InChI=1S/C19H20N6O7/c20-16-15(17(21)29)23-11(7-22-16)8-25(9-26)12-3-1-10(2-4-12)18(30)24-13(19(31)32)5-6-14(27)28/h1-4,7,9,13H,5-6,8H2,(H2,20,22)(H2,21,29)(H,24,30)(H,27,28)(H,31,32)/t13-/m0/s1. The van der Waals surface area contributed by atoms with Crippen molar-refractivity contribution in [2.45, 2.75) is 25.4 Å². The first-order chi connectivity index (χ1) is 15.1. The zero-order chi connectivity index (χ0) is 23.8. The summed E-state index contributed by atoms with van der Waals surface area (Å²) in [5, 5.41) is 20.1. The fraction of sp³-hybridized carbons (Fsp3) is 0.211. The van der Waals surface area contributed by atoms with Gasteiger partial charge in [-0.15, -0.1) is 0 Å². The minimum atomic E-state index is -1.37. The molecule has 13 nitrogen and oxygen atoms in total. The molecule has 2 rings (SSSR count). The average molecular weight is 444 g/mol. The van der Waals surface area contributed by atoms with Gasteiger partial charge in [0.2, 0.25) is 6.41 Å². The second kappa shape index (κ2) is 10.5. The molecule has 0 saturated carbocycles. The van der Waals surface area contributed by atoms with Crippen LogP contribution in [0.4, 0.5) is 11.5 Å². The van der Waals surface area contributed by atoms with Crippen LogP contribution in [0.5, 0.6) is 0 Å². The second-order valence-electron chi connectivity index (χ2n) is 6.54. The van der Waals surface area contributed by atoms with Gasteiger partial charge in [0.1, 0.15) is 6.04 Å². The molecule has 0 aliphatic heterocycles. The molecule has 0 spiro atoms. The third kappa shape index (κ3) is 6.22. The summed E-state index contributed by atoms with van der Waals surface area (Å²) in [5.41, 5.74) is 11.2. The molecule has 7 N–H and O–H groups in total. The lowest BCUT2D eigenvalue weighted by Crippen LogP contribution is -2.41. The molecule has 1 heterocycles. The molecule has 0 bridgehead atoms. The van der Waals surface area contributed by atoms with E-state index in [2.05, 4.69) is 15.3 Å². The number of carbonyl (C=O) groups is 5. The van der Waals surface area contributed by atoms with Crippen LogP contribution in [0.15, 0.2) is 30.5 Å². The van der Waals surface area contributed by atoms with Crippen LogP contribution < -0.4 is 21.7 Å². The van der Waals surface area contributed by atoms with Crippen LogP contribution in [0.25, 0.3) is 0 Å². The Morgan fingerprint density at radius 2 is 1.81 bits per heavy atom. The zero-order valence-electron chi connectivity index (χ0n) is 16.6. The van der Waals surface area contributed by atoms with E-state index in [1.165, 1.54) is 35.4 Å². The van der Waals surface area contributed by atoms with E-state index in [-0.39, 0.29) is 35.7 Å². The van der Waals surface area contributed by atoms with Gasteiger partial charge < -0.3 is 31.9 Å². The number of amides is 3. The van der Waals surface area contributed by atoms with Crippen LogP contribution in [0, 0.1) is 0 Å². The third-order valence-electron chi connectivity index (χ3n) is 4.26. The lowest BCUT2D eigenvalue weighted by molar-refractivity contribution is -0.140. The largest absolute Gasteiger partial charge is 0.481 e. The van der Waals surface area contributed by atoms with E-state index in [1.54, 1.807) is 0 Å². The molecule has 0 radical (unpaired) electrons. The van der Waals surface area contributed by atoms with Gasteiger partial charge in [-0.2, -0.15) is 0 Å². The minimum Gasteiger partial charge on any atom is -0.481 e. The Hall–Kier alpha value is -4.55. The molecular formula is C19H20N6O7. The van der Waals surface area contributed by atoms with Gasteiger partial charge in [-0.1, -0.05) is 0 Å². The van der Waals surface area contributed by atoms with Gasteiger partial charge in [-0.25, -0.2) is 14.8 Å². The zero-order valence-corrected chi connectivity index (χ0v) is 16.6. The van der Waals surface area contributed by atoms with Crippen molar-refractivity contribution < 1.29 is 34.2 Å². The highest BCUT2D eigenvalue weighted by molar-refractivity contribution is 5.97. The van der Waals surface area contributed by atoms with E-state index in [0.29, 0.717) is 12.1 Å². The predicted octanol–water partition coefficient (Wildman–Crippen LogP) is -0.631. The number of anilines is 2. The van der Waals surface area contributed by atoms with Gasteiger partial charge in [0.05, 0.1) is 18.4 Å². The Bertz CT molecular complexity index is 1040. The van der Waals surface area contributed by atoms with Gasteiger partial charge in [-0.3, -0.25) is 19.2 Å². The van der Waals surface area contributed by atoms with Crippen LogP contribution in [0.2, 0.25) is 0 Å². The van der Waals surface area contributed by atoms with E-state index in [9.17, 15) is 24.0 Å². The highest BCUT2D eigenvalue weighted by Crippen LogP contribution is 2.17. The monoisotopic (exact) mass is 444 g/mol. The predicted molar refractivity (Wildman–Crippen MR) is 109 cm³/mol. The van der Waals surface area contributed by atoms with Crippen molar-refractivity contribution in [1.82, 2.24) is 15.3 Å². The Morgan fingerprint density at radius 3 is 2.34 bits per heavy atom. The summed E-state index contributed by atoms with van der Waals surface area (Å²) in [7, 11) is 0. The number of nitrogens with one attached hydrogen (secondary N) is 1. The molecule has 0 aliphatic rings. The Balaban J connectivity index is 2.12. The van der Waals surface area contributed by atoms with E-state index in [1.807, 2.05) is 0 Å². The summed E-state index contributed by atoms with van der Waals surface area (Å²) >= 11 is 0. The molecule has 1 aromatic carbocycles. The maximum Gasteiger partial charge on any atom is 0.326 e. The van der Waals surface area contributed by atoms with Gasteiger partial charge in [-0.05, 0) is 30.7 Å². The number of carboxylic acid groups (broad SMARTS) is 2. The maximum atomic E-state index is 12.3. The van der Waals surface area contributed by atoms with Crippen LogP contribution in [0.1, 0.15) is 39.4 Å². The number of carboxylic acids is 2. The first-order valence-corrected chi connectivity index (χ1v) is 9.11. The Labute approximate surface area is 181 Å². The summed E-state index contributed by atoms with van der Waals surface area (Å²) in [6.07, 6.45) is 1.09. The fourth-order valence-corrected chi connectivity index (χ4v) is 2.63. The number of hydrogen-bond donors (Lipinski definition) is 5. The molecular weight excluding hydrogens is 424 g/mol. The van der Waals surface area contributed by atoms with Crippen molar-refractivity contribution in [2.75, 3.05) is 10.6 Å². The smallest absolute Gasteiger partial charge is 0.326 e. The minimum absolute atomic E-state index is 0.0706. The number of carbonyl (C=O) groups excluding carboxylic acids is 3. The number of rotatable bonds is 11. The topological polar surface area (TPSA) is 219 Å². The quantitative estimate of drug-likeness (QED) is 0.276. The van der Waals surface area contributed by atoms with Gasteiger partial charge in [0.15, 0.2) is 11.5 Å². The summed E-state index contributed by atoms with van der Waals surface area (Å²) in [6, 6.07) is 4.24. The van der Waals surface area contributed by atoms with Gasteiger partial charge in [0, 0.05) is 17.7 Å². The molecule has 0 saturated heterocycles. The summed E-state index contributed by atoms with van der Waals surface area (Å²) in [6.45, 7) is -0.0706. The molecule has 13 heteroatoms. The first kappa shape index (κ1) is 23.7. The molecule has 32 heavy (non-hydrogen) atoms. The average Bonchev–Trinajstić information content (AvgIpc) is 2.75. The number of aliphatic carboxylic acids is 2.